The van der Waals surface area contributed by atoms with Crippen LogP contribution in [0.2, 0.25) is 0 Å². The van der Waals surface area contributed by atoms with Crippen molar-refractivity contribution >= 4 is 73.6 Å². The van der Waals surface area contributed by atoms with Gasteiger partial charge in [-0.25, -0.2) is 0 Å². The average molecular weight is 897 g/mol. The lowest BCUT2D eigenvalue weighted by atomic mass is 9.47. The van der Waals surface area contributed by atoms with Crippen LogP contribution in [-0.2, 0) is 16.0 Å². The third-order valence-electron chi connectivity index (χ3n) is 12.2. The number of halogens is 3. The lowest BCUT2D eigenvalue weighted by molar-refractivity contribution is -0.126. The SMILES string of the molecule is CC(C)CCC[C@@H](C)[C@H]1CC[C@H]2[C@@H]3CC=C4C[C@@H](OCC(=O)Cc5c(I)cc(I)cc5I)CC[C@]4(C)[C@H]3CC[C@]12C. The first-order valence-electron chi connectivity index (χ1n) is 16.4. The van der Waals surface area contributed by atoms with E-state index in [1.54, 1.807) is 5.57 Å². The van der Waals surface area contributed by atoms with E-state index in [0.717, 1.165) is 53.9 Å². The van der Waals surface area contributed by atoms with Crippen LogP contribution in [0.5, 0.6) is 0 Å². The Morgan fingerprint density at radius 3 is 2.41 bits per heavy atom. The van der Waals surface area contributed by atoms with Gasteiger partial charge in [-0.05, 0) is 183 Å². The normalized spacial score (nSPS) is 35.4. The molecule has 0 saturated heterocycles. The number of rotatable bonds is 10. The molecule has 8 atom stereocenters. The molecular formula is C36H51I3O2. The monoisotopic (exact) mass is 896 g/mol. The van der Waals surface area contributed by atoms with E-state index in [1.807, 2.05) is 0 Å². The van der Waals surface area contributed by atoms with Crippen LogP contribution in [0.1, 0.15) is 111 Å². The van der Waals surface area contributed by atoms with Gasteiger partial charge in [0.2, 0.25) is 0 Å². The Morgan fingerprint density at radius 2 is 1.71 bits per heavy atom. The zero-order chi connectivity index (χ0) is 29.5. The fourth-order valence-electron chi connectivity index (χ4n) is 9.99. The maximum atomic E-state index is 12.9. The number of benzene rings is 1. The molecule has 0 heterocycles. The smallest absolute Gasteiger partial charge is 0.162 e. The molecule has 1 aromatic rings. The lowest BCUT2D eigenvalue weighted by Gasteiger charge is -2.58. The summed E-state index contributed by atoms with van der Waals surface area (Å²) in [4.78, 5) is 12.9. The highest BCUT2D eigenvalue weighted by atomic mass is 127. The number of ether oxygens (including phenoxy) is 1. The Kier molecular flexibility index (Phi) is 11.0. The Labute approximate surface area is 291 Å². The minimum atomic E-state index is 0.195. The summed E-state index contributed by atoms with van der Waals surface area (Å²) in [6.07, 6.45) is 17.9. The molecule has 3 saturated carbocycles. The van der Waals surface area contributed by atoms with Crippen molar-refractivity contribution in [3.8, 4) is 0 Å². The van der Waals surface area contributed by atoms with Gasteiger partial charge >= 0.3 is 0 Å². The quantitative estimate of drug-likeness (QED) is 0.173. The zero-order valence-electron chi connectivity index (χ0n) is 25.9. The minimum Gasteiger partial charge on any atom is -0.370 e. The Bertz CT molecular complexity index is 1120. The summed E-state index contributed by atoms with van der Waals surface area (Å²) in [6, 6.07) is 4.32. The van der Waals surface area contributed by atoms with E-state index in [1.165, 1.54) is 68.5 Å². The van der Waals surface area contributed by atoms with E-state index in [9.17, 15) is 4.79 Å². The van der Waals surface area contributed by atoms with Crippen LogP contribution in [-0.4, -0.2) is 18.5 Å². The van der Waals surface area contributed by atoms with Crippen molar-refractivity contribution < 1.29 is 9.53 Å². The number of Topliss-reactive ketones (excluding diaryl/α,β-unsaturated/α-hetero) is 1. The minimum absolute atomic E-state index is 0.195. The van der Waals surface area contributed by atoms with E-state index >= 15 is 0 Å². The summed E-state index contributed by atoms with van der Waals surface area (Å²) in [5.74, 6) is 5.45. The van der Waals surface area contributed by atoms with Gasteiger partial charge < -0.3 is 4.74 Å². The van der Waals surface area contributed by atoms with E-state index in [2.05, 4.69) is 121 Å². The predicted octanol–water partition coefficient (Wildman–Crippen LogP) is 11.0. The number of carbonyl (C=O) groups excluding carboxylic acids is 1. The molecule has 2 nitrogen and oxygen atoms in total. The Balaban J connectivity index is 1.19. The van der Waals surface area contributed by atoms with Gasteiger partial charge in [-0.3, -0.25) is 4.79 Å². The molecule has 4 aliphatic rings. The van der Waals surface area contributed by atoms with Crippen LogP contribution >= 0.6 is 67.8 Å². The molecule has 228 valence electrons. The van der Waals surface area contributed by atoms with E-state index in [-0.39, 0.29) is 18.5 Å². The van der Waals surface area contributed by atoms with Gasteiger partial charge in [0.15, 0.2) is 5.78 Å². The van der Waals surface area contributed by atoms with Gasteiger partial charge in [0.1, 0.15) is 6.61 Å². The van der Waals surface area contributed by atoms with E-state index in [4.69, 9.17) is 4.74 Å². The van der Waals surface area contributed by atoms with E-state index < -0.39 is 0 Å². The van der Waals surface area contributed by atoms with Crippen molar-refractivity contribution in [2.24, 2.45) is 46.3 Å². The van der Waals surface area contributed by atoms with E-state index in [0.29, 0.717) is 17.3 Å². The molecule has 0 amide bonds. The van der Waals surface area contributed by atoms with Crippen molar-refractivity contribution in [1.82, 2.24) is 0 Å². The van der Waals surface area contributed by atoms with Crippen molar-refractivity contribution in [1.29, 1.82) is 0 Å². The zero-order valence-corrected chi connectivity index (χ0v) is 32.4. The third-order valence-corrected chi connectivity index (χ3v) is 14.8. The summed E-state index contributed by atoms with van der Waals surface area (Å²) in [5, 5.41) is 0. The van der Waals surface area contributed by atoms with Crippen LogP contribution in [0.15, 0.2) is 23.8 Å². The van der Waals surface area contributed by atoms with Gasteiger partial charge in [0.25, 0.3) is 0 Å². The first-order chi connectivity index (χ1) is 19.4. The van der Waals surface area contributed by atoms with Gasteiger partial charge in [-0.2, -0.15) is 0 Å². The van der Waals surface area contributed by atoms with Crippen molar-refractivity contribution in [2.75, 3.05) is 6.61 Å². The topological polar surface area (TPSA) is 26.3 Å². The molecule has 5 rings (SSSR count). The maximum Gasteiger partial charge on any atom is 0.162 e. The standard InChI is InChI=1S/C36H51I3O2/c1-22(2)7-6-8-23(3)30-11-12-31-28-10-9-24-17-27(13-15-35(24,4)32(28)14-16-36(30,31)5)41-21-26(40)20-29-33(38)18-25(37)19-34(29)39/h9,18-19,22-23,27-28,30-32H,6-8,10-17,20-21H2,1-5H3/t23-,27+,28+,30-,31+,32+,35+,36-/m1/s1. The molecule has 0 bridgehead atoms. The summed E-state index contributed by atoms with van der Waals surface area (Å²) in [5.41, 5.74) is 3.70. The number of fused-ring (bicyclic) bond motifs is 5. The predicted molar refractivity (Wildman–Crippen MR) is 196 cm³/mol. The van der Waals surface area contributed by atoms with Gasteiger partial charge in [0, 0.05) is 17.1 Å². The molecule has 4 aliphatic carbocycles. The van der Waals surface area contributed by atoms with Gasteiger partial charge in [0.05, 0.1) is 6.10 Å². The highest BCUT2D eigenvalue weighted by Crippen LogP contribution is 2.67. The summed E-state index contributed by atoms with van der Waals surface area (Å²) < 4.78 is 9.91. The molecule has 0 N–H and O–H groups in total. The second-order valence-corrected chi connectivity index (χ2v) is 18.6. The summed E-state index contributed by atoms with van der Waals surface area (Å²) in [7, 11) is 0. The largest absolute Gasteiger partial charge is 0.370 e. The summed E-state index contributed by atoms with van der Waals surface area (Å²) >= 11 is 7.08. The van der Waals surface area contributed by atoms with Crippen LogP contribution in [0.4, 0.5) is 0 Å². The molecule has 0 radical (unpaired) electrons. The Hall–Kier alpha value is 0.780. The molecule has 0 spiro atoms. The lowest BCUT2D eigenvalue weighted by Crippen LogP contribution is -2.51. The van der Waals surface area contributed by atoms with Crippen LogP contribution in [0, 0.1) is 57.0 Å². The second kappa shape index (κ2) is 13.6. The molecule has 3 fully saturated rings. The van der Waals surface area contributed by atoms with Crippen molar-refractivity contribution in [3.63, 3.8) is 0 Å². The molecule has 1 aromatic carbocycles. The first-order valence-corrected chi connectivity index (χ1v) is 19.6. The maximum absolute atomic E-state index is 12.9. The highest BCUT2D eigenvalue weighted by Gasteiger charge is 2.59. The number of carbonyl (C=O) groups is 1. The number of allylic oxidation sites excluding steroid dienone is 1. The average Bonchev–Trinajstić information content (AvgIpc) is 3.26. The van der Waals surface area contributed by atoms with Gasteiger partial charge in [-0.1, -0.05) is 65.5 Å². The number of hydrogen-bond donors (Lipinski definition) is 0. The molecule has 0 aromatic heterocycles. The first kappa shape index (κ1) is 33.2. The molecule has 0 unspecified atom stereocenters. The highest BCUT2D eigenvalue weighted by molar-refractivity contribution is 14.1. The third kappa shape index (κ3) is 6.97. The van der Waals surface area contributed by atoms with Crippen LogP contribution in [0.25, 0.3) is 0 Å². The van der Waals surface area contributed by atoms with Crippen molar-refractivity contribution in [3.05, 3.63) is 40.1 Å². The molecular weight excluding hydrogens is 845 g/mol. The second-order valence-electron chi connectivity index (χ2n) is 15.0. The number of hydrogen-bond acceptors (Lipinski definition) is 2. The fraction of sp³-hybridized carbons (Fsp3) is 0.750. The molecule has 41 heavy (non-hydrogen) atoms. The Morgan fingerprint density at radius 1 is 0.976 bits per heavy atom. The number of ketones is 1. The molecule has 5 heteroatoms. The van der Waals surface area contributed by atoms with Crippen molar-refractivity contribution in [2.45, 2.75) is 118 Å². The van der Waals surface area contributed by atoms with Gasteiger partial charge in [-0.15, -0.1) is 0 Å². The van der Waals surface area contributed by atoms with Crippen LogP contribution < -0.4 is 0 Å². The summed E-state index contributed by atoms with van der Waals surface area (Å²) in [6.45, 7) is 12.9. The fourth-order valence-corrected chi connectivity index (χ4v) is 14.0. The van der Waals surface area contributed by atoms with Crippen LogP contribution in [0.3, 0.4) is 0 Å². The molecule has 0 aliphatic heterocycles.